The van der Waals surface area contributed by atoms with Crippen molar-refractivity contribution in [3.8, 4) is 0 Å². The van der Waals surface area contributed by atoms with Gasteiger partial charge in [-0.05, 0) is 32.9 Å². The fraction of sp³-hybridized carbons (Fsp3) is 0.769. The molecule has 5 heteroatoms. The molecule has 102 valence electrons. The SMILES string of the molecule is COCCNc1nc(C)cn1CC1CCN(C)C1. The van der Waals surface area contributed by atoms with Crippen molar-refractivity contribution in [3.05, 3.63) is 11.9 Å². The van der Waals surface area contributed by atoms with Crippen molar-refractivity contribution in [2.45, 2.75) is 19.9 Å². The van der Waals surface area contributed by atoms with Crippen LogP contribution in [0.2, 0.25) is 0 Å². The molecule has 1 atom stereocenters. The van der Waals surface area contributed by atoms with Gasteiger partial charge in [0.2, 0.25) is 5.95 Å². The fourth-order valence-electron chi connectivity index (χ4n) is 2.55. The molecule has 0 spiro atoms. The zero-order valence-corrected chi connectivity index (χ0v) is 11.6. The van der Waals surface area contributed by atoms with Crippen molar-refractivity contribution >= 4 is 5.95 Å². The van der Waals surface area contributed by atoms with Gasteiger partial charge in [-0.3, -0.25) is 0 Å². The van der Waals surface area contributed by atoms with Crippen LogP contribution < -0.4 is 5.32 Å². The highest BCUT2D eigenvalue weighted by atomic mass is 16.5. The highest BCUT2D eigenvalue weighted by molar-refractivity contribution is 5.28. The number of aromatic nitrogens is 2. The molecule has 1 aromatic rings. The Hall–Kier alpha value is -1.07. The van der Waals surface area contributed by atoms with Gasteiger partial charge < -0.3 is 19.5 Å². The van der Waals surface area contributed by atoms with Crippen LogP contribution in [0.4, 0.5) is 5.95 Å². The van der Waals surface area contributed by atoms with Gasteiger partial charge in [-0.1, -0.05) is 0 Å². The molecule has 1 N–H and O–H groups in total. The van der Waals surface area contributed by atoms with Gasteiger partial charge in [-0.25, -0.2) is 4.98 Å². The number of ether oxygens (including phenoxy) is 1. The lowest BCUT2D eigenvalue weighted by atomic mass is 10.1. The Kier molecular flexibility index (Phi) is 4.60. The summed E-state index contributed by atoms with van der Waals surface area (Å²) >= 11 is 0. The van der Waals surface area contributed by atoms with Crippen molar-refractivity contribution in [2.75, 3.05) is 45.7 Å². The summed E-state index contributed by atoms with van der Waals surface area (Å²) in [6.45, 7) is 7.01. The lowest BCUT2D eigenvalue weighted by Crippen LogP contribution is -2.18. The van der Waals surface area contributed by atoms with Crippen LogP contribution in [0.1, 0.15) is 12.1 Å². The summed E-state index contributed by atoms with van der Waals surface area (Å²) in [6.07, 6.45) is 3.42. The third kappa shape index (κ3) is 3.46. The standard InChI is InChI=1S/C13H24N4O/c1-11-8-17(10-12-4-6-16(2)9-12)13(15-11)14-5-7-18-3/h8,12H,4-7,9-10H2,1-3H3,(H,14,15). The van der Waals surface area contributed by atoms with Crippen LogP contribution in [-0.2, 0) is 11.3 Å². The molecule has 18 heavy (non-hydrogen) atoms. The Bertz CT molecular complexity index is 377. The van der Waals surface area contributed by atoms with E-state index in [0.717, 1.165) is 30.6 Å². The van der Waals surface area contributed by atoms with E-state index < -0.39 is 0 Å². The first kappa shape index (κ1) is 13.4. The van der Waals surface area contributed by atoms with Gasteiger partial charge in [0.25, 0.3) is 0 Å². The summed E-state index contributed by atoms with van der Waals surface area (Å²) in [5, 5.41) is 3.33. The number of anilines is 1. The predicted molar refractivity (Wildman–Crippen MR) is 72.9 cm³/mol. The minimum absolute atomic E-state index is 0.706. The molecule has 0 aliphatic carbocycles. The van der Waals surface area contributed by atoms with Crippen molar-refractivity contribution < 1.29 is 4.74 Å². The van der Waals surface area contributed by atoms with E-state index in [9.17, 15) is 0 Å². The second-order valence-electron chi connectivity index (χ2n) is 5.19. The average Bonchev–Trinajstić information content (AvgIpc) is 2.87. The van der Waals surface area contributed by atoms with E-state index in [4.69, 9.17) is 4.74 Å². The van der Waals surface area contributed by atoms with Gasteiger partial charge in [-0.2, -0.15) is 0 Å². The van der Waals surface area contributed by atoms with Crippen LogP contribution in [0.25, 0.3) is 0 Å². The van der Waals surface area contributed by atoms with E-state index in [1.807, 2.05) is 6.92 Å². The Balaban J connectivity index is 1.94. The first-order valence-electron chi connectivity index (χ1n) is 6.64. The third-order valence-electron chi connectivity index (χ3n) is 3.43. The highest BCUT2D eigenvalue weighted by Crippen LogP contribution is 2.19. The lowest BCUT2D eigenvalue weighted by molar-refractivity contribution is 0.210. The van der Waals surface area contributed by atoms with Crippen molar-refractivity contribution in [1.29, 1.82) is 0 Å². The summed E-state index contributed by atoms with van der Waals surface area (Å²) in [5.74, 6) is 1.71. The molecule has 0 amide bonds. The van der Waals surface area contributed by atoms with Crippen LogP contribution in [0.5, 0.6) is 0 Å². The van der Waals surface area contributed by atoms with Gasteiger partial charge in [0, 0.05) is 32.9 Å². The molecule has 0 radical (unpaired) electrons. The molecule has 1 fully saturated rings. The molecule has 0 aromatic carbocycles. The maximum Gasteiger partial charge on any atom is 0.203 e. The number of nitrogens with one attached hydrogen (secondary N) is 1. The van der Waals surface area contributed by atoms with E-state index in [0.29, 0.717) is 6.61 Å². The molecule has 2 rings (SSSR count). The molecular weight excluding hydrogens is 228 g/mol. The van der Waals surface area contributed by atoms with E-state index in [-0.39, 0.29) is 0 Å². The van der Waals surface area contributed by atoms with Crippen LogP contribution in [-0.4, -0.2) is 54.8 Å². The number of hydrogen-bond acceptors (Lipinski definition) is 4. The normalized spacial score (nSPS) is 20.5. The van der Waals surface area contributed by atoms with E-state index in [1.165, 1.54) is 19.5 Å². The van der Waals surface area contributed by atoms with Crippen molar-refractivity contribution in [1.82, 2.24) is 14.5 Å². The van der Waals surface area contributed by atoms with Crippen LogP contribution in [0.15, 0.2) is 6.20 Å². The molecule has 1 saturated heterocycles. The molecule has 5 nitrogen and oxygen atoms in total. The molecule has 1 unspecified atom stereocenters. The molecular formula is C13H24N4O. The quantitative estimate of drug-likeness (QED) is 0.773. The maximum absolute atomic E-state index is 5.05. The third-order valence-corrected chi connectivity index (χ3v) is 3.43. The molecule has 0 saturated carbocycles. The number of aryl methyl sites for hydroxylation is 1. The van der Waals surface area contributed by atoms with Crippen molar-refractivity contribution in [3.63, 3.8) is 0 Å². The summed E-state index contributed by atoms with van der Waals surface area (Å²) < 4.78 is 7.30. The summed E-state index contributed by atoms with van der Waals surface area (Å²) in [4.78, 5) is 6.92. The number of nitrogens with zero attached hydrogens (tertiary/aromatic N) is 3. The average molecular weight is 252 g/mol. The number of methoxy groups -OCH3 is 1. The Labute approximate surface area is 109 Å². The zero-order valence-electron chi connectivity index (χ0n) is 11.6. The number of likely N-dealkylation sites (tertiary alicyclic amines) is 1. The molecule has 0 bridgehead atoms. The van der Waals surface area contributed by atoms with Gasteiger partial charge in [-0.15, -0.1) is 0 Å². The summed E-state index contributed by atoms with van der Waals surface area (Å²) in [6, 6.07) is 0. The monoisotopic (exact) mass is 252 g/mol. The van der Waals surface area contributed by atoms with Crippen LogP contribution >= 0.6 is 0 Å². The lowest BCUT2D eigenvalue weighted by Gasteiger charge is -2.14. The van der Waals surface area contributed by atoms with E-state index in [2.05, 4.69) is 33.0 Å². The topological polar surface area (TPSA) is 42.3 Å². The summed E-state index contributed by atoms with van der Waals surface area (Å²) in [7, 11) is 3.91. The largest absolute Gasteiger partial charge is 0.383 e. The second kappa shape index (κ2) is 6.20. The predicted octanol–water partition coefficient (Wildman–Crippen LogP) is 1.20. The Morgan fingerprint density at radius 3 is 3.06 bits per heavy atom. The molecule has 1 aliphatic rings. The number of imidazole rings is 1. The van der Waals surface area contributed by atoms with Gasteiger partial charge in [0.05, 0.1) is 12.3 Å². The second-order valence-corrected chi connectivity index (χ2v) is 5.19. The van der Waals surface area contributed by atoms with Gasteiger partial charge in [0.15, 0.2) is 0 Å². The van der Waals surface area contributed by atoms with Crippen LogP contribution in [0.3, 0.4) is 0 Å². The zero-order chi connectivity index (χ0) is 13.0. The summed E-state index contributed by atoms with van der Waals surface area (Å²) in [5.41, 5.74) is 1.07. The number of rotatable bonds is 6. The minimum Gasteiger partial charge on any atom is -0.383 e. The fourth-order valence-corrected chi connectivity index (χ4v) is 2.55. The van der Waals surface area contributed by atoms with Crippen LogP contribution in [0, 0.1) is 12.8 Å². The molecule has 1 aromatic heterocycles. The smallest absolute Gasteiger partial charge is 0.203 e. The van der Waals surface area contributed by atoms with E-state index in [1.54, 1.807) is 7.11 Å². The Morgan fingerprint density at radius 2 is 2.39 bits per heavy atom. The van der Waals surface area contributed by atoms with Crippen molar-refractivity contribution in [2.24, 2.45) is 5.92 Å². The Morgan fingerprint density at radius 1 is 1.56 bits per heavy atom. The first-order valence-corrected chi connectivity index (χ1v) is 6.64. The molecule has 2 heterocycles. The van der Waals surface area contributed by atoms with Gasteiger partial charge >= 0.3 is 0 Å². The molecule has 1 aliphatic heterocycles. The first-order chi connectivity index (χ1) is 8.69. The minimum atomic E-state index is 0.706. The number of hydrogen-bond donors (Lipinski definition) is 1. The highest BCUT2D eigenvalue weighted by Gasteiger charge is 2.20. The van der Waals surface area contributed by atoms with E-state index >= 15 is 0 Å². The maximum atomic E-state index is 5.05. The van der Waals surface area contributed by atoms with Gasteiger partial charge in [0.1, 0.15) is 0 Å².